The first-order chi connectivity index (χ1) is 13.1. The normalized spacial score (nSPS) is 13.0. The largest absolute Gasteiger partial charge is 0.383 e. The summed E-state index contributed by atoms with van der Waals surface area (Å²) in [6.45, 7) is 8.98. The van der Waals surface area contributed by atoms with E-state index in [4.69, 9.17) is 0 Å². The molecule has 0 aliphatic carbocycles. The highest BCUT2D eigenvalue weighted by molar-refractivity contribution is 5.97. The summed E-state index contributed by atoms with van der Waals surface area (Å²) in [5.41, 5.74) is 5.68. The molecule has 0 spiro atoms. The summed E-state index contributed by atoms with van der Waals surface area (Å²) in [5, 5.41) is 11.4. The quantitative estimate of drug-likeness (QED) is 0.608. The van der Waals surface area contributed by atoms with E-state index in [1.165, 1.54) is 11.3 Å². The molecule has 4 rings (SSSR count). The molecule has 0 saturated carbocycles. The van der Waals surface area contributed by atoms with Gasteiger partial charge in [-0.3, -0.25) is 0 Å². The van der Waals surface area contributed by atoms with Crippen molar-refractivity contribution in [3.63, 3.8) is 0 Å². The molecule has 0 unspecified atom stereocenters. The predicted molar refractivity (Wildman–Crippen MR) is 114 cm³/mol. The molecule has 6 nitrogen and oxygen atoms in total. The number of nitrogens with zero attached hydrogens (tertiary/aromatic N) is 3. The van der Waals surface area contributed by atoms with Crippen LogP contribution in [-0.4, -0.2) is 29.2 Å². The van der Waals surface area contributed by atoms with Crippen LogP contribution in [0.25, 0.3) is 10.9 Å². The molecule has 1 aliphatic rings. The van der Waals surface area contributed by atoms with Gasteiger partial charge in [-0.15, -0.1) is 0 Å². The average molecular weight is 362 g/mol. The number of nitrogens with one attached hydrogen (secondary N) is 3. The molecule has 3 N–H and O–H groups in total. The maximum Gasteiger partial charge on any atom is 0.137 e. The van der Waals surface area contributed by atoms with Crippen LogP contribution in [0.2, 0.25) is 0 Å². The van der Waals surface area contributed by atoms with Crippen molar-refractivity contribution in [1.82, 2.24) is 9.97 Å². The number of fused-ring (bicyclic) bond motifs is 2. The second-order valence-electron chi connectivity index (χ2n) is 7.15. The van der Waals surface area contributed by atoms with Crippen LogP contribution in [0.3, 0.4) is 0 Å². The molecule has 2 aromatic carbocycles. The summed E-state index contributed by atoms with van der Waals surface area (Å²) in [4.78, 5) is 11.2. The summed E-state index contributed by atoms with van der Waals surface area (Å²) < 4.78 is 0. The maximum absolute atomic E-state index is 4.47. The van der Waals surface area contributed by atoms with Gasteiger partial charge in [-0.05, 0) is 50.6 Å². The number of hydrogen-bond acceptors (Lipinski definition) is 6. The van der Waals surface area contributed by atoms with Gasteiger partial charge in [-0.25, -0.2) is 9.97 Å². The lowest BCUT2D eigenvalue weighted by atomic mass is 10.1. The fourth-order valence-electron chi connectivity index (χ4n) is 3.42. The third-order valence-electron chi connectivity index (χ3n) is 4.80. The molecule has 1 aliphatic heterocycles. The highest BCUT2D eigenvalue weighted by Crippen LogP contribution is 2.36. The first-order valence-electron chi connectivity index (χ1n) is 9.51. The van der Waals surface area contributed by atoms with Crippen LogP contribution >= 0.6 is 0 Å². The van der Waals surface area contributed by atoms with E-state index in [-0.39, 0.29) is 0 Å². The monoisotopic (exact) mass is 362 g/mol. The van der Waals surface area contributed by atoms with E-state index in [2.05, 4.69) is 88.0 Å². The minimum atomic E-state index is 0.431. The van der Waals surface area contributed by atoms with Gasteiger partial charge in [0.15, 0.2) is 0 Å². The molecular weight excluding hydrogens is 336 g/mol. The van der Waals surface area contributed by atoms with Gasteiger partial charge in [0.25, 0.3) is 0 Å². The van der Waals surface area contributed by atoms with Gasteiger partial charge in [0.2, 0.25) is 0 Å². The van der Waals surface area contributed by atoms with E-state index in [0.717, 1.165) is 47.9 Å². The molecule has 140 valence electrons. The molecule has 2 heterocycles. The standard InChI is InChI=1S/C21H26N6/c1-4-27-13-25-19-9-17-18(10-20(19)27)23-12-24-21(17)22-11-15-5-7-16(8-6-15)26-14(2)3/h5-10,12,14,25-26H,4,11,13H2,1-3H3,(H,22,23,24). The molecule has 0 fully saturated rings. The summed E-state index contributed by atoms with van der Waals surface area (Å²) in [7, 11) is 0. The van der Waals surface area contributed by atoms with Crippen molar-refractivity contribution in [1.29, 1.82) is 0 Å². The van der Waals surface area contributed by atoms with Gasteiger partial charge >= 0.3 is 0 Å². The van der Waals surface area contributed by atoms with Crippen LogP contribution in [-0.2, 0) is 6.54 Å². The Hall–Kier alpha value is -3.02. The molecule has 3 aromatic rings. The molecular formula is C21H26N6. The molecule has 0 atom stereocenters. The van der Waals surface area contributed by atoms with Gasteiger partial charge < -0.3 is 20.9 Å². The Morgan fingerprint density at radius 1 is 1.15 bits per heavy atom. The summed E-state index contributed by atoms with van der Waals surface area (Å²) in [5.74, 6) is 0.865. The Bertz CT molecular complexity index is 935. The van der Waals surface area contributed by atoms with Gasteiger partial charge in [0.05, 0.1) is 23.6 Å². The smallest absolute Gasteiger partial charge is 0.137 e. The fraction of sp³-hybridized carbons (Fsp3) is 0.333. The number of hydrogen-bond donors (Lipinski definition) is 3. The highest BCUT2D eigenvalue weighted by Gasteiger charge is 2.19. The van der Waals surface area contributed by atoms with Gasteiger partial charge in [-0.1, -0.05) is 12.1 Å². The van der Waals surface area contributed by atoms with Crippen molar-refractivity contribution in [2.45, 2.75) is 33.4 Å². The Labute approximate surface area is 160 Å². The number of anilines is 4. The molecule has 1 aromatic heterocycles. The minimum absolute atomic E-state index is 0.431. The van der Waals surface area contributed by atoms with Crippen molar-refractivity contribution in [3.05, 3.63) is 48.3 Å². The SMILES string of the molecule is CCN1CNc2cc3c(NCc4ccc(NC(C)C)cc4)ncnc3cc21. The van der Waals surface area contributed by atoms with Crippen LogP contribution < -0.4 is 20.9 Å². The molecule has 27 heavy (non-hydrogen) atoms. The van der Waals surface area contributed by atoms with Crippen molar-refractivity contribution in [2.75, 3.05) is 34.1 Å². The molecule has 0 bridgehead atoms. The van der Waals surface area contributed by atoms with Gasteiger partial charge in [0, 0.05) is 30.2 Å². The summed E-state index contributed by atoms with van der Waals surface area (Å²) in [6, 6.07) is 13.2. The number of benzene rings is 2. The lowest BCUT2D eigenvalue weighted by Crippen LogP contribution is -2.21. The molecule has 0 amide bonds. The van der Waals surface area contributed by atoms with E-state index in [1.807, 2.05) is 0 Å². The zero-order valence-corrected chi connectivity index (χ0v) is 16.1. The second-order valence-corrected chi connectivity index (χ2v) is 7.15. The Morgan fingerprint density at radius 2 is 1.96 bits per heavy atom. The highest BCUT2D eigenvalue weighted by atomic mass is 15.3. The lowest BCUT2D eigenvalue weighted by molar-refractivity contribution is 0.899. The zero-order chi connectivity index (χ0) is 18.8. The summed E-state index contributed by atoms with van der Waals surface area (Å²) >= 11 is 0. The number of rotatable bonds is 6. The Balaban J connectivity index is 1.54. The topological polar surface area (TPSA) is 65.1 Å². The van der Waals surface area contributed by atoms with Crippen LogP contribution in [0.4, 0.5) is 22.9 Å². The Kier molecular flexibility index (Phi) is 4.71. The van der Waals surface area contributed by atoms with E-state index in [9.17, 15) is 0 Å². The van der Waals surface area contributed by atoms with E-state index in [1.54, 1.807) is 6.33 Å². The van der Waals surface area contributed by atoms with Crippen molar-refractivity contribution in [2.24, 2.45) is 0 Å². The number of aromatic nitrogens is 2. The Morgan fingerprint density at radius 3 is 2.70 bits per heavy atom. The lowest BCUT2D eigenvalue weighted by Gasteiger charge is -2.15. The van der Waals surface area contributed by atoms with E-state index < -0.39 is 0 Å². The first-order valence-corrected chi connectivity index (χ1v) is 9.51. The summed E-state index contributed by atoms with van der Waals surface area (Å²) in [6.07, 6.45) is 1.63. The third kappa shape index (κ3) is 3.60. The van der Waals surface area contributed by atoms with Crippen molar-refractivity contribution < 1.29 is 0 Å². The molecule has 0 radical (unpaired) electrons. The first kappa shape index (κ1) is 17.4. The molecule has 6 heteroatoms. The molecule has 0 saturated heterocycles. The van der Waals surface area contributed by atoms with Gasteiger partial charge in [0.1, 0.15) is 12.1 Å². The minimum Gasteiger partial charge on any atom is -0.383 e. The van der Waals surface area contributed by atoms with Crippen molar-refractivity contribution >= 4 is 33.8 Å². The van der Waals surface area contributed by atoms with Gasteiger partial charge in [-0.2, -0.15) is 0 Å². The second kappa shape index (κ2) is 7.31. The zero-order valence-electron chi connectivity index (χ0n) is 16.1. The third-order valence-corrected chi connectivity index (χ3v) is 4.80. The van der Waals surface area contributed by atoms with E-state index >= 15 is 0 Å². The van der Waals surface area contributed by atoms with Crippen LogP contribution in [0.1, 0.15) is 26.3 Å². The van der Waals surface area contributed by atoms with Crippen LogP contribution in [0.5, 0.6) is 0 Å². The van der Waals surface area contributed by atoms with Crippen molar-refractivity contribution in [3.8, 4) is 0 Å². The predicted octanol–water partition coefficient (Wildman–Crippen LogP) is 4.27. The van der Waals surface area contributed by atoms with E-state index in [0.29, 0.717) is 6.04 Å². The average Bonchev–Trinajstić information content (AvgIpc) is 3.07. The van der Waals surface area contributed by atoms with Crippen LogP contribution in [0.15, 0.2) is 42.7 Å². The fourth-order valence-corrected chi connectivity index (χ4v) is 3.42. The van der Waals surface area contributed by atoms with Crippen LogP contribution in [0, 0.1) is 0 Å². The maximum atomic E-state index is 4.47.